The summed E-state index contributed by atoms with van der Waals surface area (Å²) in [5.41, 5.74) is 1.46. The van der Waals surface area contributed by atoms with Gasteiger partial charge in [-0.3, -0.25) is 9.48 Å². The predicted molar refractivity (Wildman–Crippen MR) is 109 cm³/mol. The highest BCUT2D eigenvalue weighted by Gasteiger charge is 2.18. The molecule has 29 heavy (non-hydrogen) atoms. The van der Waals surface area contributed by atoms with Crippen molar-refractivity contribution in [2.75, 3.05) is 0 Å². The Kier molecular flexibility index (Phi) is 5.14. The second kappa shape index (κ2) is 7.89. The van der Waals surface area contributed by atoms with E-state index >= 15 is 0 Å². The molecule has 1 N–H and O–H groups in total. The van der Waals surface area contributed by atoms with Gasteiger partial charge in [-0.2, -0.15) is 5.10 Å². The first kappa shape index (κ1) is 18.9. The molecule has 8 heteroatoms. The first-order valence-electron chi connectivity index (χ1n) is 8.97. The smallest absolute Gasteiger partial charge is 0.342 e. The molecule has 4 rings (SSSR count). The first-order chi connectivity index (χ1) is 14.0. The number of fused-ring (bicyclic) bond motifs is 1. The van der Waals surface area contributed by atoms with E-state index in [1.807, 2.05) is 18.2 Å². The van der Waals surface area contributed by atoms with Crippen molar-refractivity contribution in [2.24, 2.45) is 0 Å². The highest BCUT2D eigenvalue weighted by atomic mass is 35.5. The number of aromatic nitrogens is 4. The molecule has 0 saturated heterocycles. The molecule has 2 aromatic heterocycles. The lowest BCUT2D eigenvalue weighted by Gasteiger charge is -2.12. The molecule has 0 radical (unpaired) electrons. The van der Waals surface area contributed by atoms with Gasteiger partial charge in [-0.25, -0.2) is 9.78 Å². The van der Waals surface area contributed by atoms with Crippen molar-refractivity contribution in [3.05, 3.63) is 93.3 Å². The number of H-pyrrole nitrogens is 1. The molecule has 1 atom stereocenters. The number of aromatic amines is 1. The summed E-state index contributed by atoms with van der Waals surface area (Å²) in [6.45, 7) is 2.08. The van der Waals surface area contributed by atoms with Crippen LogP contribution in [0.25, 0.3) is 10.9 Å². The van der Waals surface area contributed by atoms with E-state index in [0.29, 0.717) is 28.0 Å². The number of halogens is 1. The zero-order chi connectivity index (χ0) is 20.4. The molecule has 146 valence electrons. The van der Waals surface area contributed by atoms with Gasteiger partial charge in [0.15, 0.2) is 11.9 Å². The van der Waals surface area contributed by atoms with E-state index in [4.69, 9.17) is 16.3 Å². The summed E-state index contributed by atoms with van der Waals surface area (Å²) in [5, 5.41) is 5.31. The molecule has 0 aliphatic rings. The van der Waals surface area contributed by atoms with Gasteiger partial charge in [-0.05, 0) is 30.7 Å². The molecule has 0 aliphatic heterocycles. The molecule has 0 aliphatic carbocycles. The average molecular weight is 409 g/mol. The van der Waals surface area contributed by atoms with Gasteiger partial charge in [0, 0.05) is 11.2 Å². The molecular weight excluding hydrogens is 392 g/mol. The molecule has 0 amide bonds. The lowest BCUT2D eigenvalue weighted by molar-refractivity contribution is 0.0320. The van der Waals surface area contributed by atoms with Crippen LogP contribution in [0.4, 0.5) is 0 Å². The van der Waals surface area contributed by atoms with Crippen LogP contribution in [0.2, 0.25) is 5.02 Å². The fraction of sp³-hybridized carbons (Fsp3) is 0.143. The minimum atomic E-state index is -0.730. The van der Waals surface area contributed by atoms with Gasteiger partial charge in [-0.1, -0.05) is 41.9 Å². The number of nitrogens with zero attached hydrogens (tertiary/aromatic N) is 3. The molecular formula is C21H17ClN4O3. The van der Waals surface area contributed by atoms with E-state index in [1.54, 1.807) is 48.1 Å². The topological polar surface area (TPSA) is 89.9 Å². The van der Waals surface area contributed by atoms with Crippen LogP contribution in [0.1, 0.15) is 34.8 Å². The lowest BCUT2D eigenvalue weighted by Crippen LogP contribution is -2.17. The third kappa shape index (κ3) is 4.05. The minimum absolute atomic E-state index is 0.277. The summed E-state index contributed by atoms with van der Waals surface area (Å²) in [6.07, 6.45) is 2.30. The molecule has 0 saturated carbocycles. The van der Waals surface area contributed by atoms with Crippen LogP contribution in [0.15, 0.2) is 65.7 Å². The maximum Gasteiger partial charge on any atom is 0.342 e. The van der Waals surface area contributed by atoms with Gasteiger partial charge in [0.1, 0.15) is 0 Å². The van der Waals surface area contributed by atoms with Crippen LogP contribution in [-0.2, 0) is 11.3 Å². The Balaban J connectivity index is 1.49. The second-order valence-electron chi connectivity index (χ2n) is 6.53. The van der Waals surface area contributed by atoms with Crippen molar-refractivity contribution < 1.29 is 9.53 Å². The second-order valence-corrected chi connectivity index (χ2v) is 6.94. The van der Waals surface area contributed by atoms with E-state index in [-0.39, 0.29) is 11.4 Å². The van der Waals surface area contributed by atoms with Crippen molar-refractivity contribution in [1.29, 1.82) is 0 Å². The number of hydrogen-bond donors (Lipinski definition) is 1. The van der Waals surface area contributed by atoms with Crippen LogP contribution in [0.5, 0.6) is 0 Å². The number of rotatable bonds is 5. The highest BCUT2D eigenvalue weighted by Crippen LogP contribution is 2.18. The number of hydrogen-bond acceptors (Lipinski definition) is 5. The fourth-order valence-electron chi connectivity index (χ4n) is 2.94. The first-order valence-corrected chi connectivity index (χ1v) is 9.35. The van der Waals surface area contributed by atoms with E-state index in [2.05, 4.69) is 15.1 Å². The van der Waals surface area contributed by atoms with Gasteiger partial charge in [0.05, 0.1) is 29.2 Å². The van der Waals surface area contributed by atoms with Gasteiger partial charge in [-0.15, -0.1) is 0 Å². The predicted octanol–water partition coefficient (Wildman–Crippen LogP) is 3.74. The Morgan fingerprint density at radius 2 is 1.97 bits per heavy atom. The average Bonchev–Trinajstić information content (AvgIpc) is 3.18. The minimum Gasteiger partial charge on any atom is -0.451 e. The zero-order valence-electron chi connectivity index (χ0n) is 15.5. The Hall–Kier alpha value is -3.45. The number of esters is 1. The molecule has 2 heterocycles. The third-order valence-electron chi connectivity index (χ3n) is 4.46. The van der Waals surface area contributed by atoms with Crippen molar-refractivity contribution in [1.82, 2.24) is 19.7 Å². The third-order valence-corrected chi connectivity index (χ3v) is 4.83. The summed E-state index contributed by atoms with van der Waals surface area (Å²) < 4.78 is 7.07. The zero-order valence-corrected chi connectivity index (χ0v) is 16.3. The van der Waals surface area contributed by atoms with Crippen molar-refractivity contribution in [2.45, 2.75) is 19.6 Å². The quantitative estimate of drug-likeness (QED) is 0.508. The number of ether oxygens (including phenoxy) is 1. The molecule has 0 bridgehead atoms. The molecule has 0 spiro atoms. The van der Waals surface area contributed by atoms with Crippen LogP contribution >= 0.6 is 11.6 Å². The number of carbonyl (C=O) groups is 1. The Bertz CT molecular complexity index is 1250. The monoisotopic (exact) mass is 408 g/mol. The summed E-state index contributed by atoms with van der Waals surface area (Å²) in [6, 6.07) is 14.4. The van der Waals surface area contributed by atoms with E-state index in [9.17, 15) is 9.59 Å². The summed E-state index contributed by atoms with van der Waals surface area (Å²) in [7, 11) is 0. The van der Waals surface area contributed by atoms with Crippen molar-refractivity contribution >= 4 is 28.5 Å². The number of para-hydroxylation sites is 1. The van der Waals surface area contributed by atoms with Crippen LogP contribution in [-0.4, -0.2) is 25.7 Å². The Labute approximate surface area is 170 Å². The summed E-state index contributed by atoms with van der Waals surface area (Å²) >= 11 is 6.17. The molecule has 7 nitrogen and oxygen atoms in total. The lowest BCUT2D eigenvalue weighted by atomic mass is 10.2. The Morgan fingerprint density at radius 1 is 1.21 bits per heavy atom. The number of carbonyl (C=O) groups excluding carboxylic acids is 1. The Morgan fingerprint density at radius 3 is 2.79 bits per heavy atom. The van der Waals surface area contributed by atoms with Crippen LogP contribution in [0, 0.1) is 0 Å². The van der Waals surface area contributed by atoms with Crippen LogP contribution < -0.4 is 5.56 Å². The maximum absolute atomic E-state index is 12.5. The van der Waals surface area contributed by atoms with Crippen LogP contribution in [0.3, 0.4) is 0 Å². The fourth-order valence-corrected chi connectivity index (χ4v) is 3.13. The van der Waals surface area contributed by atoms with Crippen molar-refractivity contribution in [3.63, 3.8) is 0 Å². The van der Waals surface area contributed by atoms with E-state index in [1.165, 1.54) is 6.20 Å². The largest absolute Gasteiger partial charge is 0.451 e. The van der Waals surface area contributed by atoms with E-state index < -0.39 is 12.1 Å². The van der Waals surface area contributed by atoms with Crippen molar-refractivity contribution in [3.8, 4) is 0 Å². The normalized spacial score (nSPS) is 12.1. The highest BCUT2D eigenvalue weighted by molar-refractivity contribution is 6.31. The van der Waals surface area contributed by atoms with Gasteiger partial charge >= 0.3 is 5.97 Å². The number of nitrogens with one attached hydrogen (secondary N) is 1. The standard InChI is InChI=1S/C21H17ClN4O3/c1-13(19-24-18-9-5-3-7-16(18)20(27)25-19)29-21(28)15-10-23-26(12-15)11-14-6-2-4-8-17(14)22/h2-10,12-13H,11H2,1H3,(H,24,25,27)/t13-/m0/s1. The molecule has 4 aromatic rings. The van der Waals surface area contributed by atoms with Gasteiger partial charge < -0.3 is 9.72 Å². The summed E-state index contributed by atoms with van der Waals surface area (Å²) in [4.78, 5) is 31.7. The number of benzene rings is 2. The van der Waals surface area contributed by atoms with Gasteiger partial charge in [0.25, 0.3) is 5.56 Å². The van der Waals surface area contributed by atoms with Gasteiger partial charge in [0.2, 0.25) is 0 Å². The molecule has 0 fully saturated rings. The molecule has 0 unspecified atom stereocenters. The molecule has 2 aromatic carbocycles. The summed E-state index contributed by atoms with van der Waals surface area (Å²) in [5.74, 6) is -0.274. The maximum atomic E-state index is 12.5. The van der Waals surface area contributed by atoms with E-state index in [0.717, 1.165) is 5.56 Å². The SMILES string of the molecule is C[C@H](OC(=O)c1cnn(Cc2ccccc2Cl)c1)c1nc2ccccc2c(=O)[nH]1.